The third-order valence-corrected chi connectivity index (χ3v) is 4.25. The SMILES string of the molecule is CCCSc1nc([O-])c2c3ccccc3nc(CC)[n+]2n1. The Kier molecular flexibility index (Phi) is 3.88. The van der Waals surface area contributed by atoms with Gasteiger partial charge in [-0.05, 0) is 23.5 Å². The van der Waals surface area contributed by atoms with Crippen molar-refractivity contribution in [2.75, 3.05) is 5.75 Å². The molecular formula is C15H16N4OS. The van der Waals surface area contributed by atoms with Crippen LogP contribution in [-0.2, 0) is 6.42 Å². The molecule has 0 N–H and O–H groups in total. The van der Waals surface area contributed by atoms with Crippen molar-refractivity contribution < 1.29 is 9.62 Å². The monoisotopic (exact) mass is 300 g/mol. The van der Waals surface area contributed by atoms with Crippen LogP contribution in [0.15, 0.2) is 29.4 Å². The van der Waals surface area contributed by atoms with Crippen LogP contribution in [0.25, 0.3) is 16.4 Å². The molecule has 0 bridgehead atoms. The third kappa shape index (κ3) is 2.51. The summed E-state index contributed by atoms with van der Waals surface area (Å²) in [4.78, 5) is 8.72. The molecule has 0 aliphatic heterocycles. The molecule has 0 radical (unpaired) electrons. The van der Waals surface area contributed by atoms with Crippen LogP contribution >= 0.6 is 11.8 Å². The Morgan fingerprint density at radius 2 is 2.00 bits per heavy atom. The predicted octanol–water partition coefficient (Wildman–Crippen LogP) is 1.90. The van der Waals surface area contributed by atoms with Crippen LogP contribution in [0.1, 0.15) is 26.1 Å². The standard InChI is InChI=1S/C15H16N4OS/c1-3-9-21-15-17-14(20)13-10-7-5-6-8-11(10)16-12(4-2)19(13)18-15/h5-8H,3-4,9H2,1-2H3. The fourth-order valence-corrected chi connectivity index (χ4v) is 2.92. The summed E-state index contributed by atoms with van der Waals surface area (Å²) in [6.45, 7) is 4.10. The first-order valence-electron chi connectivity index (χ1n) is 7.06. The van der Waals surface area contributed by atoms with Crippen LogP contribution in [0.5, 0.6) is 5.88 Å². The zero-order chi connectivity index (χ0) is 14.8. The molecule has 108 valence electrons. The number of hydrogen-bond donors (Lipinski definition) is 0. The summed E-state index contributed by atoms with van der Waals surface area (Å²) in [5, 5.41) is 18.2. The Bertz CT molecular complexity index is 806. The van der Waals surface area contributed by atoms with Crippen molar-refractivity contribution >= 4 is 28.2 Å². The lowest BCUT2D eigenvalue weighted by atomic mass is 10.2. The van der Waals surface area contributed by atoms with E-state index in [0.717, 1.165) is 28.9 Å². The molecule has 0 aliphatic rings. The normalized spacial score (nSPS) is 11.3. The van der Waals surface area contributed by atoms with E-state index in [1.165, 1.54) is 11.8 Å². The van der Waals surface area contributed by atoms with Crippen LogP contribution in [0, 0.1) is 0 Å². The minimum atomic E-state index is -0.239. The maximum Gasteiger partial charge on any atom is 0.324 e. The zero-order valence-corrected chi connectivity index (χ0v) is 12.9. The molecule has 0 aliphatic carbocycles. The van der Waals surface area contributed by atoms with Gasteiger partial charge in [-0.15, -0.1) is 0 Å². The Balaban J connectivity index is 2.33. The average Bonchev–Trinajstić information content (AvgIpc) is 2.51. The molecule has 0 unspecified atom stereocenters. The maximum atomic E-state index is 12.4. The summed E-state index contributed by atoms with van der Waals surface area (Å²) in [6, 6.07) is 7.62. The lowest BCUT2D eigenvalue weighted by Gasteiger charge is -2.10. The van der Waals surface area contributed by atoms with Gasteiger partial charge in [-0.1, -0.05) is 47.4 Å². The van der Waals surface area contributed by atoms with E-state index in [1.54, 1.807) is 4.52 Å². The van der Waals surface area contributed by atoms with Crippen LogP contribution in [0.2, 0.25) is 0 Å². The molecule has 0 saturated carbocycles. The first-order chi connectivity index (χ1) is 10.2. The molecule has 1 aromatic carbocycles. The summed E-state index contributed by atoms with van der Waals surface area (Å²) >= 11 is 1.50. The summed E-state index contributed by atoms with van der Waals surface area (Å²) in [6.07, 6.45) is 1.72. The average molecular weight is 300 g/mol. The number of rotatable bonds is 4. The van der Waals surface area contributed by atoms with Crippen LogP contribution in [0.3, 0.4) is 0 Å². The fourth-order valence-electron chi connectivity index (χ4n) is 2.25. The smallest absolute Gasteiger partial charge is 0.324 e. The predicted molar refractivity (Wildman–Crippen MR) is 80.3 cm³/mol. The Morgan fingerprint density at radius 3 is 2.76 bits per heavy atom. The zero-order valence-electron chi connectivity index (χ0n) is 12.0. The fraction of sp³-hybridized carbons (Fsp3) is 0.333. The molecule has 3 aromatic rings. The highest BCUT2D eigenvalue weighted by atomic mass is 32.2. The van der Waals surface area contributed by atoms with E-state index in [4.69, 9.17) is 0 Å². The molecular weight excluding hydrogens is 284 g/mol. The molecule has 2 aromatic heterocycles. The molecule has 21 heavy (non-hydrogen) atoms. The highest BCUT2D eigenvalue weighted by Gasteiger charge is 2.19. The van der Waals surface area contributed by atoms with Crippen LogP contribution < -0.4 is 9.62 Å². The van der Waals surface area contributed by atoms with E-state index >= 15 is 0 Å². The van der Waals surface area contributed by atoms with Crippen molar-refractivity contribution in [3.05, 3.63) is 30.1 Å². The number of hydrogen-bond acceptors (Lipinski definition) is 5. The second kappa shape index (κ2) is 5.81. The van der Waals surface area contributed by atoms with Gasteiger partial charge in [0.2, 0.25) is 5.16 Å². The van der Waals surface area contributed by atoms with Gasteiger partial charge in [0, 0.05) is 11.6 Å². The summed E-state index contributed by atoms with van der Waals surface area (Å²) in [7, 11) is 0. The quantitative estimate of drug-likeness (QED) is 0.418. The minimum absolute atomic E-state index is 0.239. The first kappa shape index (κ1) is 14.0. The Hall–Kier alpha value is -1.95. The Morgan fingerprint density at radius 1 is 1.19 bits per heavy atom. The Labute approximate surface area is 127 Å². The summed E-state index contributed by atoms with van der Waals surface area (Å²) in [5.41, 5.74) is 1.32. The minimum Gasteiger partial charge on any atom is -0.856 e. The topological polar surface area (TPSA) is 65.8 Å². The molecule has 0 saturated heterocycles. The van der Waals surface area contributed by atoms with Crippen LogP contribution in [-0.4, -0.2) is 20.8 Å². The largest absolute Gasteiger partial charge is 0.856 e. The lowest BCUT2D eigenvalue weighted by molar-refractivity contribution is -0.600. The number of fused-ring (bicyclic) bond motifs is 3. The van der Waals surface area contributed by atoms with Crippen molar-refractivity contribution in [2.45, 2.75) is 31.8 Å². The highest BCUT2D eigenvalue weighted by molar-refractivity contribution is 7.99. The molecule has 0 amide bonds. The van der Waals surface area contributed by atoms with E-state index in [-0.39, 0.29) is 5.88 Å². The van der Waals surface area contributed by atoms with Gasteiger partial charge >= 0.3 is 5.82 Å². The molecule has 0 fully saturated rings. The molecule has 3 rings (SSSR count). The number of benzene rings is 1. The van der Waals surface area contributed by atoms with E-state index in [0.29, 0.717) is 17.1 Å². The molecule has 5 nitrogen and oxygen atoms in total. The van der Waals surface area contributed by atoms with E-state index in [2.05, 4.69) is 22.0 Å². The second-order valence-electron chi connectivity index (χ2n) is 4.71. The number of nitrogens with zero attached hydrogens (tertiary/aromatic N) is 4. The second-order valence-corrected chi connectivity index (χ2v) is 5.77. The van der Waals surface area contributed by atoms with Crippen molar-refractivity contribution in [1.29, 1.82) is 0 Å². The number of thioether (sulfide) groups is 1. The third-order valence-electron chi connectivity index (χ3n) is 3.20. The number of aromatic nitrogens is 4. The van der Waals surface area contributed by atoms with Crippen LogP contribution in [0.4, 0.5) is 0 Å². The van der Waals surface area contributed by atoms with E-state index in [1.807, 2.05) is 31.2 Å². The van der Waals surface area contributed by atoms with Crippen molar-refractivity contribution in [3.8, 4) is 5.88 Å². The van der Waals surface area contributed by atoms with Gasteiger partial charge in [-0.2, -0.15) is 0 Å². The van der Waals surface area contributed by atoms with Gasteiger partial charge in [-0.3, -0.25) is 0 Å². The maximum absolute atomic E-state index is 12.4. The van der Waals surface area contributed by atoms with Crippen molar-refractivity contribution in [3.63, 3.8) is 0 Å². The number of para-hydroxylation sites is 1. The molecule has 0 atom stereocenters. The van der Waals surface area contributed by atoms with Gasteiger partial charge < -0.3 is 5.11 Å². The van der Waals surface area contributed by atoms with Gasteiger partial charge in [0.15, 0.2) is 11.0 Å². The van der Waals surface area contributed by atoms with Gasteiger partial charge in [0.25, 0.3) is 0 Å². The van der Waals surface area contributed by atoms with Gasteiger partial charge in [-0.25, -0.2) is 4.98 Å². The van der Waals surface area contributed by atoms with E-state index < -0.39 is 0 Å². The van der Waals surface area contributed by atoms with Crippen molar-refractivity contribution in [1.82, 2.24) is 15.1 Å². The van der Waals surface area contributed by atoms with E-state index in [9.17, 15) is 5.11 Å². The van der Waals surface area contributed by atoms with Gasteiger partial charge in [0.05, 0.1) is 11.8 Å². The summed E-state index contributed by atoms with van der Waals surface area (Å²) in [5.74, 6) is 1.44. The first-order valence-corrected chi connectivity index (χ1v) is 8.04. The molecule has 2 heterocycles. The highest BCUT2D eigenvalue weighted by Crippen LogP contribution is 2.22. The van der Waals surface area contributed by atoms with Crippen molar-refractivity contribution in [2.24, 2.45) is 0 Å². The van der Waals surface area contributed by atoms with Gasteiger partial charge in [0.1, 0.15) is 0 Å². The number of aryl methyl sites for hydroxylation is 1. The molecule has 6 heteroatoms. The molecule has 0 spiro atoms. The summed E-state index contributed by atoms with van der Waals surface area (Å²) < 4.78 is 1.66. The lowest BCUT2D eigenvalue weighted by Crippen LogP contribution is -2.35.